The van der Waals surface area contributed by atoms with E-state index in [1.54, 1.807) is 6.07 Å². The molecule has 0 aromatic heterocycles. The summed E-state index contributed by atoms with van der Waals surface area (Å²) < 4.78 is 13.7. The molecule has 0 unspecified atom stereocenters. The van der Waals surface area contributed by atoms with E-state index in [9.17, 15) is 9.50 Å². The fourth-order valence-corrected chi connectivity index (χ4v) is 3.12. The number of rotatable bonds is 7. The van der Waals surface area contributed by atoms with Crippen LogP contribution in [0.4, 0.5) is 4.39 Å². The molecule has 0 bridgehead atoms. The molecular weight excluding hydrogens is 267 g/mol. The number of hydrogen-bond acceptors (Lipinski definition) is 3. The third-order valence-corrected chi connectivity index (χ3v) is 4.47. The van der Waals surface area contributed by atoms with Crippen molar-refractivity contribution in [2.24, 2.45) is 0 Å². The van der Waals surface area contributed by atoms with Crippen molar-refractivity contribution in [1.29, 1.82) is 0 Å². The molecule has 0 radical (unpaired) electrons. The zero-order chi connectivity index (χ0) is 15.1. The van der Waals surface area contributed by atoms with E-state index in [1.807, 2.05) is 12.1 Å². The molecule has 1 aromatic rings. The molecule has 4 heteroatoms. The second kappa shape index (κ2) is 8.47. The Bertz CT molecular complexity index is 427. The van der Waals surface area contributed by atoms with Crippen molar-refractivity contribution in [2.75, 3.05) is 33.3 Å². The molecule has 21 heavy (non-hydrogen) atoms. The average Bonchev–Trinajstić information content (AvgIpc) is 2.48. The van der Waals surface area contributed by atoms with Gasteiger partial charge in [-0.2, -0.15) is 0 Å². The summed E-state index contributed by atoms with van der Waals surface area (Å²) in [6.45, 7) is 3.38. The van der Waals surface area contributed by atoms with E-state index in [-0.39, 0.29) is 12.4 Å². The molecule has 1 aliphatic heterocycles. The molecule has 0 saturated carbocycles. The predicted octanol–water partition coefficient (Wildman–Crippen LogP) is 2.49. The van der Waals surface area contributed by atoms with Crippen molar-refractivity contribution < 1.29 is 9.50 Å². The van der Waals surface area contributed by atoms with E-state index in [2.05, 4.69) is 16.8 Å². The van der Waals surface area contributed by atoms with Crippen molar-refractivity contribution >= 4 is 0 Å². The minimum atomic E-state index is -0.157. The lowest BCUT2D eigenvalue weighted by Gasteiger charge is -2.34. The number of halogens is 1. The van der Waals surface area contributed by atoms with Gasteiger partial charge in [-0.1, -0.05) is 24.6 Å². The second-order valence-corrected chi connectivity index (χ2v) is 6.01. The Morgan fingerprint density at radius 2 is 2.10 bits per heavy atom. The molecule has 1 fully saturated rings. The Kier molecular flexibility index (Phi) is 6.61. The van der Waals surface area contributed by atoms with Crippen LogP contribution in [0.3, 0.4) is 0 Å². The van der Waals surface area contributed by atoms with Crippen molar-refractivity contribution in [2.45, 2.75) is 38.3 Å². The summed E-state index contributed by atoms with van der Waals surface area (Å²) in [5.74, 6) is -0.157. The Morgan fingerprint density at radius 1 is 1.29 bits per heavy atom. The topological polar surface area (TPSA) is 26.7 Å². The molecule has 1 N–H and O–H groups in total. The highest BCUT2D eigenvalue weighted by molar-refractivity contribution is 5.17. The van der Waals surface area contributed by atoms with Gasteiger partial charge in [0.05, 0.1) is 6.61 Å². The highest BCUT2D eigenvalue weighted by Gasteiger charge is 2.19. The monoisotopic (exact) mass is 294 g/mol. The molecule has 2 rings (SSSR count). The minimum absolute atomic E-state index is 0.120. The van der Waals surface area contributed by atoms with Crippen LogP contribution in [0.1, 0.15) is 31.2 Å². The van der Waals surface area contributed by atoms with E-state index in [4.69, 9.17) is 0 Å². The van der Waals surface area contributed by atoms with E-state index in [0.717, 1.165) is 13.0 Å². The van der Waals surface area contributed by atoms with Gasteiger partial charge in [0.1, 0.15) is 5.82 Å². The van der Waals surface area contributed by atoms with Gasteiger partial charge >= 0.3 is 0 Å². The van der Waals surface area contributed by atoms with Crippen molar-refractivity contribution in [3.05, 3.63) is 35.6 Å². The lowest BCUT2D eigenvalue weighted by Crippen LogP contribution is -2.39. The van der Waals surface area contributed by atoms with Crippen LogP contribution < -0.4 is 0 Å². The Balaban J connectivity index is 1.88. The Labute approximate surface area is 127 Å². The zero-order valence-corrected chi connectivity index (χ0v) is 13.0. The lowest BCUT2D eigenvalue weighted by molar-refractivity contribution is 0.138. The van der Waals surface area contributed by atoms with Gasteiger partial charge < -0.3 is 10.0 Å². The molecule has 1 saturated heterocycles. The van der Waals surface area contributed by atoms with Crippen LogP contribution >= 0.6 is 0 Å². The number of aliphatic hydroxyl groups excluding tert-OH is 1. The lowest BCUT2D eigenvalue weighted by atomic mass is 10.00. The van der Waals surface area contributed by atoms with Gasteiger partial charge in [-0.3, -0.25) is 4.90 Å². The molecular formula is C17H27FN2O. The van der Waals surface area contributed by atoms with Crippen LogP contribution in [-0.2, 0) is 6.54 Å². The maximum absolute atomic E-state index is 13.7. The van der Waals surface area contributed by atoms with Gasteiger partial charge in [0, 0.05) is 31.2 Å². The fourth-order valence-electron chi connectivity index (χ4n) is 3.12. The summed E-state index contributed by atoms with van der Waals surface area (Å²) in [5.41, 5.74) is 0.711. The minimum Gasteiger partial charge on any atom is -0.395 e. The van der Waals surface area contributed by atoms with E-state index in [0.29, 0.717) is 24.7 Å². The van der Waals surface area contributed by atoms with Gasteiger partial charge in [0.2, 0.25) is 0 Å². The number of nitrogens with zero attached hydrogens (tertiary/aromatic N) is 2. The van der Waals surface area contributed by atoms with Crippen LogP contribution in [0, 0.1) is 5.82 Å². The SMILES string of the molecule is CN1CCCC[C@@H]1CCN(CCO)Cc1ccccc1F. The summed E-state index contributed by atoms with van der Waals surface area (Å²) in [6, 6.07) is 7.53. The molecule has 1 atom stereocenters. The molecule has 3 nitrogen and oxygen atoms in total. The van der Waals surface area contributed by atoms with Gasteiger partial charge in [-0.05, 0) is 38.9 Å². The Hall–Kier alpha value is -0.970. The summed E-state index contributed by atoms with van der Waals surface area (Å²) in [4.78, 5) is 4.59. The number of benzene rings is 1. The maximum atomic E-state index is 13.7. The first-order valence-electron chi connectivity index (χ1n) is 7.97. The van der Waals surface area contributed by atoms with Crippen molar-refractivity contribution in [3.63, 3.8) is 0 Å². The van der Waals surface area contributed by atoms with E-state index in [1.165, 1.54) is 31.9 Å². The number of hydrogen-bond donors (Lipinski definition) is 1. The van der Waals surface area contributed by atoms with Gasteiger partial charge in [0.25, 0.3) is 0 Å². The van der Waals surface area contributed by atoms with Crippen LogP contribution in [0.25, 0.3) is 0 Å². The first-order valence-corrected chi connectivity index (χ1v) is 7.97. The quantitative estimate of drug-likeness (QED) is 0.837. The highest BCUT2D eigenvalue weighted by Crippen LogP contribution is 2.19. The first-order chi connectivity index (χ1) is 10.2. The largest absolute Gasteiger partial charge is 0.395 e. The van der Waals surface area contributed by atoms with Gasteiger partial charge in [-0.25, -0.2) is 4.39 Å². The smallest absolute Gasteiger partial charge is 0.127 e. The van der Waals surface area contributed by atoms with Crippen LogP contribution in [0.2, 0.25) is 0 Å². The Morgan fingerprint density at radius 3 is 2.81 bits per heavy atom. The predicted molar refractivity (Wildman–Crippen MR) is 83.6 cm³/mol. The molecule has 1 aromatic carbocycles. The summed E-state index contributed by atoms with van der Waals surface area (Å²) in [7, 11) is 2.19. The van der Waals surface area contributed by atoms with Crippen LogP contribution in [0.5, 0.6) is 0 Å². The zero-order valence-electron chi connectivity index (χ0n) is 13.0. The van der Waals surface area contributed by atoms with Gasteiger partial charge in [0.15, 0.2) is 0 Å². The van der Waals surface area contributed by atoms with Gasteiger partial charge in [-0.15, -0.1) is 0 Å². The third kappa shape index (κ3) is 5.06. The summed E-state index contributed by atoms with van der Waals surface area (Å²) in [6.07, 6.45) is 4.94. The molecule has 0 spiro atoms. The van der Waals surface area contributed by atoms with Crippen molar-refractivity contribution in [1.82, 2.24) is 9.80 Å². The fraction of sp³-hybridized carbons (Fsp3) is 0.647. The third-order valence-electron chi connectivity index (χ3n) is 4.47. The standard InChI is InChI=1S/C17H27FN2O/c1-19-10-5-4-7-16(19)9-11-20(12-13-21)14-15-6-2-3-8-17(15)18/h2-3,6,8,16,21H,4-5,7,9-14H2,1H3/t16-/m1/s1. The highest BCUT2D eigenvalue weighted by atomic mass is 19.1. The van der Waals surface area contributed by atoms with E-state index < -0.39 is 0 Å². The number of aliphatic hydroxyl groups is 1. The molecule has 0 aliphatic carbocycles. The first kappa shape index (κ1) is 16.4. The maximum Gasteiger partial charge on any atom is 0.127 e. The average molecular weight is 294 g/mol. The molecule has 1 heterocycles. The number of likely N-dealkylation sites (tertiary alicyclic amines) is 1. The van der Waals surface area contributed by atoms with Crippen LogP contribution in [0.15, 0.2) is 24.3 Å². The van der Waals surface area contributed by atoms with E-state index >= 15 is 0 Å². The molecule has 118 valence electrons. The normalized spacial score (nSPS) is 20.1. The van der Waals surface area contributed by atoms with Crippen molar-refractivity contribution in [3.8, 4) is 0 Å². The molecule has 1 aliphatic rings. The number of piperidine rings is 1. The summed E-state index contributed by atoms with van der Waals surface area (Å²) >= 11 is 0. The second-order valence-electron chi connectivity index (χ2n) is 6.01. The van der Waals surface area contributed by atoms with Crippen LogP contribution in [-0.4, -0.2) is 54.2 Å². The molecule has 0 amide bonds. The summed E-state index contributed by atoms with van der Waals surface area (Å²) in [5, 5.41) is 9.23.